The number of likely N-dealkylation sites (N-methyl/N-ethyl adjacent to an activating group) is 1. The number of carboxylic acids is 1. The summed E-state index contributed by atoms with van der Waals surface area (Å²) in [6.07, 6.45) is 0. The van der Waals surface area contributed by atoms with Gasteiger partial charge < -0.3 is 15.1 Å². The van der Waals surface area contributed by atoms with Crippen molar-refractivity contribution in [3.63, 3.8) is 0 Å². The number of carbonyl (C=O) groups is 1. The van der Waals surface area contributed by atoms with Crippen molar-refractivity contribution >= 4 is 11.8 Å². The molecule has 0 saturated carbocycles. The van der Waals surface area contributed by atoms with Gasteiger partial charge in [0.05, 0.1) is 5.60 Å². The van der Waals surface area contributed by atoms with Crippen molar-refractivity contribution in [3.05, 3.63) is 22.9 Å². The predicted octanol–water partition coefficient (Wildman–Crippen LogP) is 1.60. The number of carboxylic acid groups (broad SMARTS) is 1. The molecular formula is C13H20N2O3. The molecule has 1 aromatic heterocycles. The van der Waals surface area contributed by atoms with E-state index in [2.05, 4.69) is 4.98 Å². The van der Waals surface area contributed by atoms with Crippen LogP contribution in [0, 0.1) is 13.8 Å². The van der Waals surface area contributed by atoms with E-state index in [4.69, 9.17) is 0 Å². The molecule has 1 rings (SSSR count). The zero-order valence-electron chi connectivity index (χ0n) is 11.5. The highest BCUT2D eigenvalue weighted by molar-refractivity contribution is 5.95. The molecule has 0 unspecified atom stereocenters. The Kier molecular flexibility index (Phi) is 3.96. The van der Waals surface area contributed by atoms with Crippen LogP contribution in [0.3, 0.4) is 0 Å². The average Bonchev–Trinajstić information content (AvgIpc) is 2.12. The minimum Gasteiger partial charge on any atom is -0.478 e. The van der Waals surface area contributed by atoms with Crippen LogP contribution in [0.1, 0.15) is 35.5 Å². The van der Waals surface area contributed by atoms with Gasteiger partial charge in [0.1, 0.15) is 11.4 Å². The number of anilines is 1. The second-order valence-electron chi connectivity index (χ2n) is 5.25. The van der Waals surface area contributed by atoms with E-state index in [0.717, 1.165) is 5.69 Å². The summed E-state index contributed by atoms with van der Waals surface area (Å²) in [5, 5.41) is 19.1. The maximum atomic E-state index is 11.3. The van der Waals surface area contributed by atoms with Crippen molar-refractivity contribution in [1.82, 2.24) is 4.98 Å². The molecule has 5 nitrogen and oxygen atoms in total. The lowest BCUT2D eigenvalue weighted by Crippen LogP contribution is -2.37. The highest BCUT2D eigenvalue weighted by atomic mass is 16.4. The summed E-state index contributed by atoms with van der Waals surface area (Å²) >= 11 is 0. The highest BCUT2D eigenvalue weighted by Crippen LogP contribution is 2.23. The first-order valence-corrected chi connectivity index (χ1v) is 5.77. The number of rotatable bonds is 4. The highest BCUT2D eigenvalue weighted by Gasteiger charge is 2.22. The summed E-state index contributed by atoms with van der Waals surface area (Å²) in [5.74, 6) is -0.611. The summed E-state index contributed by atoms with van der Waals surface area (Å²) < 4.78 is 0. The lowest BCUT2D eigenvalue weighted by Gasteiger charge is -2.28. The molecule has 0 fully saturated rings. The number of aryl methyl sites for hydroxylation is 2. The van der Waals surface area contributed by atoms with Gasteiger partial charge in [-0.3, -0.25) is 0 Å². The molecule has 0 aliphatic rings. The molecule has 100 valence electrons. The van der Waals surface area contributed by atoms with Crippen LogP contribution in [0.25, 0.3) is 0 Å². The molecule has 0 amide bonds. The molecule has 0 spiro atoms. The number of hydrogen-bond donors (Lipinski definition) is 2. The van der Waals surface area contributed by atoms with Crippen molar-refractivity contribution in [1.29, 1.82) is 0 Å². The quantitative estimate of drug-likeness (QED) is 0.851. The van der Waals surface area contributed by atoms with E-state index in [9.17, 15) is 15.0 Å². The molecule has 0 bridgehead atoms. The Morgan fingerprint density at radius 2 is 2.00 bits per heavy atom. The van der Waals surface area contributed by atoms with Gasteiger partial charge >= 0.3 is 5.97 Å². The Balaban J connectivity index is 3.26. The van der Waals surface area contributed by atoms with Gasteiger partial charge in [0, 0.05) is 19.3 Å². The summed E-state index contributed by atoms with van der Waals surface area (Å²) in [5.41, 5.74) is 0.708. The minimum atomic E-state index is -1.00. The van der Waals surface area contributed by atoms with Crippen LogP contribution < -0.4 is 4.90 Å². The van der Waals surface area contributed by atoms with E-state index in [1.54, 1.807) is 38.8 Å². The lowest BCUT2D eigenvalue weighted by molar-refractivity contribution is 0.0693. The van der Waals surface area contributed by atoms with E-state index in [1.165, 1.54) is 0 Å². The maximum absolute atomic E-state index is 11.3. The first-order chi connectivity index (χ1) is 8.11. The van der Waals surface area contributed by atoms with Crippen molar-refractivity contribution in [3.8, 4) is 0 Å². The van der Waals surface area contributed by atoms with Crippen LogP contribution in [-0.4, -0.2) is 40.4 Å². The Labute approximate surface area is 107 Å². The third-order valence-electron chi connectivity index (χ3n) is 2.53. The van der Waals surface area contributed by atoms with Gasteiger partial charge in [-0.15, -0.1) is 0 Å². The van der Waals surface area contributed by atoms with Gasteiger partial charge in [-0.25, -0.2) is 9.78 Å². The van der Waals surface area contributed by atoms with Gasteiger partial charge in [0.2, 0.25) is 0 Å². The van der Waals surface area contributed by atoms with Crippen LogP contribution in [0.4, 0.5) is 5.82 Å². The SMILES string of the molecule is Cc1cc(C)c(C(=O)O)c(N(C)CC(C)(C)O)n1. The Morgan fingerprint density at radius 3 is 2.44 bits per heavy atom. The van der Waals surface area contributed by atoms with Crippen molar-refractivity contribution < 1.29 is 15.0 Å². The largest absolute Gasteiger partial charge is 0.478 e. The molecule has 1 heterocycles. The smallest absolute Gasteiger partial charge is 0.339 e. The summed E-state index contributed by atoms with van der Waals surface area (Å²) in [6, 6.07) is 1.74. The van der Waals surface area contributed by atoms with Gasteiger partial charge in [-0.05, 0) is 39.3 Å². The molecule has 1 aromatic rings. The van der Waals surface area contributed by atoms with Gasteiger partial charge in [-0.1, -0.05) is 0 Å². The fourth-order valence-corrected chi connectivity index (χ4v) is 2.01. The number of pyridine rings is 1. The van der Waals surface area contributed by atoms with Gasteiger partial charge in [0.15, 0.2) is 0 Å². The van der Waals surface area contributed by atoms with E-state index < -0.39 is 11.6 Å². The molecule has 0 aliphatic heterocycles. The molecular weight excluding hydrogens is 232 g/mol. The predicted molar refractivity (Wildman–Crippen MR) is 70.2 cm³/mol. The standard InChI is InChI=1S/C13H20N2O3/c1-8-6-9(2)14-11(10(8)12(16)17)15(5)7-13(3,4)18/h6,18H,7H2,1-5H3,(H,16,17). The molecule has 2 N–H and O–H groups in total. The summed E-state index contributed by atoms with van der Waals surface area (Å²) in [4.78, 5) is 17.2. The van der Waals surface area contributed by atoms with Crippen LogP contribution in [0.15, 0.2) is 6.07 Å². The van der Waals surface area contributed by atoms with Crippen LogP contribution in [-0.2, 0) is 0 Å². The average molecular weight is 252 g/mol. The van der Waals surface area contributed by atoms with E-state index in [-0.39, 0.29) is 5.56 Å². The monoisotopic (exact) mass is 252 g/mol. The minimum absolute atomic E-state index is 0.187. The zero-order chi connectivity index (χ0) is 14.1. The first-order valence-electron chi connectivity index (χ1n) is 5.77. The lowest BCUT2D eigenvalue weighted by atomic mass is 10.1. The molecule has 0 atom stereocenters. The first kappa shape index (κ1) is 14.4. The third-order valence-corrected chi connectivity index (χ3v) is 2.53. The number of nitrogens with zero attached hydrogens (tertiary/aromatic N) is 2. The third kappa shape index (κ3) is 3.43. The molecule has 18 heavy (non-hydrogen) atoms. The van der Waals surface area contributed by atoms with E-state index >= 15 is 0 Å². The fourth-order valence-electron chi connectivity index (χ4n) is 2.01. The van der Waals surface area contributed by atoms with E-state index in [1.807, 2.05) is 6.92 Å². The Morgan fingerprint density at radius 1 is 1.44 bits per heavy atom. The Hall–Kier alpha value is -1.62. The van der Waals surface area contributed by atoms with Crippen LogP contribution in [0.2, 0.25) is 0 Å². The van der Waals surface area contributed by atoms with Crippen molar-refractivity contribution in [2.24, 2.45) is 0 Å². The second-order valence-corrected chi connectivity index (χ2v) is 5.25. The Bertz CT molecular complexity index is 464. The van der Waals surface area contributed by atoms with E-state index in [0.29, 0.717) is 17.9 Å². The second kappa shape index (κ2) is 4.94. The zero-order valence-corrected chi connectivity index (χ0v) is 11.5. The summed E-state index contributed by atoms with van der Waals surface area (Å²) in [7, 11) is 1.73. The topological polar surface area (TPSA) is 73.7 Å². The number of hydrogen-bond acceptors (Lipinski definition) is 4. The van der Waals surface area contributed by atoms with Crippen molar-refractivity contribution in [2.45, 2.75) is 33.3 Å². The maximum Gasteiger partial charge on any atom is 0.339 e. The normalized spacial score (nSPS) is 11.4. The number of aromatic carboxylic acids is 1. The van der Waals surface area contributed by atoms with Crippen LogP contribution >= 0.6 is 0 Å². The van der Waals surface area contributed by atoms with Crippen molar-refractivity contribution in [2.75, 3.05) is 18.5 Å². The molecule has 0 aliphatic carbocycles. The summed E-state index contributed by atoms with van der Waals surface area (Å²) in [6.45, 7) is 7.22. The molecule has 0 radical (unpaired) electrons. The number of aliphatic hydroxyl groups is 1. The molecule has 0 aromatic carbocycles. The molecule has 5 heteroatoms. The van der Waals surface area contributed by atoms with Gasteiger partial charge in [-0.2, -0.15) is 0 Å². The fraction of sp³-hybridized carbons (Fsp3) is 0.538. The van der Waals surface area contributed by atoms with Gasteiger partial charge in [0.25, 0.3) is 0 Å². The van der Waals surface area contributed by atoms with Crippen LogP contribution in [0.5, 0.6) is 0 Å². The number of aromatic nitrogens is 1. The molecule has 0 saturated heterocycles.